The van der Waals surface area contributed by atoms with E-state index in [9.17, 15) is 9.59 Å². The fraction of sp³-hybridized carbons (Fsp3) is 0.949. The lowest BCUT2D eigenvalue weighted by molar-refractivity contribution is -0.571. The van der Waals surface area contributed by atoms with E-state index in [1.54, 1.807) is 0 Å². The zero-order valence-electron chi connectivity index (χ0n) is 32.1. The predicted octanol–water partition coefficient (Wildman–Crippen LogP) is 4.61. The van der Waals surface area contributed by atoms with E-state index >= 15 is 0 Å². The summed E-state index contributed by atoms with van der Waals surface area (Å²) in [7, 11) is 0. The number of fused-ring (bicyclic) bond motifs is 4. The summed E-state index contributed by atoms with van der Waals surface area (Å²) in [5.41, 5.74) is 5.08. The Bertz CT molecular complexity index is 1360. The van der Waals surface area contributed by atoms with Crippen LogP contribution in [-0.2, 0) is 48.1 Å². The van der Waals surface area contributed by atoms with Crippen molar-refractivity contribution in [3.8, 4) is 0 Å². The van der Waals surface area contributed by atoms with Crippen molar-refractivity contribution in [2.45, 2.75) is 172 Å². The van der Waals surface area contributed by atoms with Crippen LogP contribution in [0.25, 0.3) is 0 Å². The van der Waals surface area contributed by atoms with Crippen molar-refractivity contribution in [3.05, 3.63) is 0 Å². The minimum absolute atomic E-state index is 0.0766. The molecule has 8 saturated heterocycles. The number of rotatable bonds is 10. The molecule has 52 heavy (non-hydrogen) atoms. The lowest BCUT2D eigenvalue weighted by Crippen LogP contribution is -2.70. The van der Waals surface area contributed by atoms with Gasteiger partial charge in [-0.1, -0.05) is 27.7 Å². The van der Waals surface area contributed by atoms with Gasteiger partial charge in [-0.2, -0.15) is 0 Å². The van der Waals surface area contributed by atoms with E-state index in [2.05, 4.69) is 38.3 Å². The minimum Gasteiger partial charge on any atom is -0.356 e. The highest BCUT2D eigenvalue weighted by Crippen LogP contribution is 2.62. The Morgan fingerprint density at radius 2 is 1.15 bits per heavy atom. The number of nitrogens with one attached hydrogen (secondary N) is 2. The highest BCUT2D eigenvalue weighted by Gasteiger charge is 2.70. The zero-order chi connectivity index (χ0) is 36.6. The SMILES string of the molecule is C[C@@H]1CC[C@H]2[C@@H](C)C(CCNC(=O)CCC(N)C(=O)NCCC3O[C@H]4O[C@@]5(C)CC[C@H]6[C@H](C)CC[C@@H]([C@H]3C)[C@@]46OO5)O[C@H]3O[C@@]4(C)CC[C@@H]1[C@]32OO4. The molecule has 0 aromatic heterocycles. The quantitative estimate of drug-likeness (QED) is 0.270. The van der Waals surface area contributed by atoms with E-state index in [1.165, 1.54) is 0 Å². The molecular weight excluding hydrogens is 670 g/mol. The first-order valence-electron chi connectivity index (χ1n) is 20.5. The molecule has 10 fully saturated rings. The van der Waals surface area contributed by atoms with Crippen LogP contribution in [0, 0.1) is 47.3 Å². The molecule has 13 nitrogen and oxygen atoms in total. The maximum absolute atomic E-state index is 13.0. The average molecular weight is 734 g/mol. The molecule has 8 heterocycles. The lowest BCUT2D eigenvalue weighted by atomic mass is 9.57. The van der Waals surface area contributed by atoms with Gasteiger partial charge in [0.1, 0.15) is 0 Å². The van der Waals surface area contributed by atoms with Gasteiger partial charge in [-0.05, 0) is 107 Å². The van der Waals surface area contributed by atoms with Gasteiger partial charge in [0, 0.05) is 44.2 Å². The largest absolute Gasteiger partial charge is 0.356 e. The Morgan fingerprint density at radius 3 is 1.65 bits per heavy atom. The number of nitrogens with two attached hydrogens (primary N) is 1. The first kappa shape index (κ1) is 37.5. The third-order valence-corrected chi connectivity index (χ3v) is 15.1. The van der Waals surface area contributed by atoms with Gasteiger partial charge in [-0.15, -0.1) is 0 Å². The van der Waals surface area contributed by atoms with Gasteiger partial charge in [0.05, 0.1) is 18.2 Å². The van der Waals surface area contributed by atoms with Crippen molar-refractivity contribution in [1.82, 2.24) is 10.6 Å². The van der Waals surface area contributed by atoms with Crippen molar-refractivity contribution >= 4 is 11.8 Å². The first-order chi connectivity index (χ1) is 24.8. The molecule has 2 aliphatic carbocycles. The summed E-state index contributed by atoms with van der Waals surface area (Å²) in [4.78, 5) is 50.2. The minimum atomic E-state index is -0.813. The smallest absolute Gasteiger partial charge is 0.236 e. The molecule has 2 spiro atoms. The summed E-state index contributed by atoms with van der Waals surface area (Å²) in [5, 5.41) is 6.03. The van der Waals surface area contributed by atoms with E-state index in [4.69, 9.17) is 44.2 Å². The molecule has 10 aliphatic rings. The predicted molar refractivity (Wildman–Crippen MR) is 186 cm³/mol. The Kier molecular flexibility index (Phi) is 10.1. The normalized spacial score (nSPS) is 51.0. The van der Waals surface area contributed by atoms with E-state index in [0.29, 0.717) is 49.6 Å². The maximum Gasteiger partial charge on any atom is 0.236 e. The van der Waals surface area contributed by atoms with Crippen LogP contribution in [-0.4, -0.2) is 78.5 Å². The van der Waals surface area contributed by atoms with Gasteiger partial charge in [-0.3, -0.25) is 9.59 Å². The molecule has 2 amide bonds. The number of carbonyl (C=O) groups excluding carboxylic acids is 2. The molecule has 4 bridgehead atoms. The molecule has 10 rings (SSSR count). The molecular formula is C39H63N3O10. The number of ether oxygens (including phenoxy) is 4. The molecule has 0 aromatic rings. The molecule has 2 saturated carbocycles. The van der Waals surface area contributed by atoms with E-state index in [1.807, 2.05) is 13.8 Å². The third-order valence-electron chi connectivity index (χ3n) is 15.1. The fourth-order valence-electron chi connectivity index (χ4n) is 11.9. The van der Waals surface area contributed by atoms with Crippen LogP contribution < -0.4 is 16.4 Å². The van der Waals surface area contributed by atoms with Gasteiger partial charge in [0.25, 0.3) is 0 Å². The van der Waals surface area contributed by atoms with Gasteiger partial charge in [0.15, 0.2) is 23.8 Å². The van der Waals surface area contributed by atoms with Crippen LogP contribution in [0.1, 0.15) is 119 Å². The van der Waals surface area contributed by atoms with Crippen molar-refractivity contribution in [2.24, 2.45) is 53.1 Å². The number of carbonyl (C=O) groups is 2. The first-order valence-corrected chi connectivity index (χ1v) is 20.5. The zero-order valence-corrected chi connectivity index (χ0v) is 32.1. The Hall–Kier alpha value is -1.42. The standard InChI is InChI=1S/C39H63N3O10/c1-21-7-9-27-23(3)30(45-34-38(27)25(21)13-17-36(5,47-34)49-51-38)15-19-41-32(43)12-11-29(40)33(44)42-20-16-31-24(4)28-10-8-22(2)26-14-18-37(6)48-35(46-31)39(26,28)52-50-37/h21-31,34-35H,7-20,40H2,1-6H3,(H,41,43)(H,42,44)/t21-,22-,23-,24-,25+,26+,27+,28+,29?,30?,31?,34+,35+,36-,37-,38-,39-/m1/s1. The van der Waals surface area contributed by atoms with Gasteiger partial charge in [-0.25, -0.2) is 19.6 Å². The topological polar surface area (TPSA) is 158 Å². The molecule has 3 unspecified atom stereocenters. The van der Waals surface area contributed by atoms with Crippen LogP contribution in [0.4, 0.5) is 0 Å². The maximum atomic E-state index is 13.0. The summed E-state index contributed by atoms with van der Waals surface area (Å²) >= 11 is 0. The Labute approximate surface area is 308 Å². The van der Waals surface area contributed by atoms with Crippen LogP contribution in [0.5, 0.6) is 0 Å². The highest BCUT2D eigenvalue weighted by molar-refractivity contribution is 5.82. The summed E-state index contributed by atoms with van der Waals surface area (Å²) < 4.78 is 26.2. The summed E-state index contributed by atoms with van der Waals surface area (Å²) in [6.45, 7) is 13.8. The average Bonchev–Trinajstić information content (AvgIpc) is 3.49. The lowest BCUT2D eigenvalue weighted by Gasteiger charge is -2.60. The van der Waals surface area contributed by atoms with E-state index in [-0.39, 0.29) is 60.5 Å². The monoisotopic (exact) mass is 733 g/mol. The molecule has 17 atom stereocenters. The van der Waals surface area contributed by atoms with Gasteiger partial charge < -0.3 is 35.3 Å². The molecule has 294 valence electrons. The Morgan fingerprint density at radius 1 is 0.673 bits per heavy atom. The van der Waals surface area contributed by atoms with E-state index in [0.717, 1.165) is 51.4 Å². The summed E-state index contributed by atoms with van der Waals surface area (Å²) in [6.07, 6.45) is 8.49. The highest BCUT2D eigenvalue weighted by atomic mass is 17.3. The second-order valence-electron chi connectivity index (χ2n) is 18.3. The molecule has 0 aromatic carbocycles. The van der Waals surface area contributed by atoms with Crippen LogP contribution >= 0.6 is 0 Å². The molecule has 4 N–H and O–H groups in total. The molecule has 0 radical (unpaired) electrons. The fourth-order valence-corrected chi connectivity index (χ4v) is 11.9. The van der Waals surface area contributed by atoms with Crippen molar-refractivity contribution < 1.29 is 48.1 Å². The Balaban J connectivity index is 0.779. The van der Waals surface area contributed by atoms with Crippen molar-refractivity contribution in [3.63, 3.8) is 0 Å². The number of hydrogen-bond acceptors (Lipinski definition) is 11. The van der Waals surface area contributed by atoms with Gasteiger partial charge in [0.2, 0.25) is 23.4 Å². The second kappa shape index (κ2) is 14.0. The van der Waals surface area contributed by atoms with E-state index < -0.39 is 41.4 Å². The van der Waals surface area contributed by atoms with Crippen molar-refractivity contribution in [1.29, 1.82) is 0 Å². The number of amides is 2. The number of hydrogen-bond donors (Lipinski definition) is 3. The van der Waals surface area contributed by atoms with Crippen LogP contribution in [0.2, 0.25) is 0 Å². The van der Waals surface area contributed by atoms with Crippen LogP contribution in [0.15, 0.2) is 0 Å². The molecule has 8 aliphatic heterocycles. The summed E-state index contributed by atoms with van der Waals surface area (Å²) in [5.74, 6) is 0.598. The van der Waals surface area contributed by atoms with Gasteiger partial charge >= 0.3 is 0 Å². The van der Waals surface area contributed by atoms with Crippen LogP contribution in [0.3, 0.4) is 0 Å². The van der Waals surface area contributed by atoms with Crippen molar-refractivity contribution in [2.75, 3.05) is 13.1 Å². The third kappa shape index (κ3) is 6.16. The second-order valence-corrected chi connectivity index (χ2v) is 18.3. The summed E-state index contributed by atoms with van der Waals surface area (Å²) in [6, 6.07) is -0.781. The molecule has 13 heteroatoms.